The predicted molar refractivity (Wildman–Crippen MR) is 84.0 cm³/mol. The van der Waals surface area contributed by atoms with Crippen molar-refractivity contribution in [3.05, 3.63) is 42.0 Å². The van der Waals surface area contributed by atoms with E-state index < -0.39 is 0 Å². The first kappa shape index (κ1) is 14.8. The molecular formula is C16H19N3O2. The Bertz CT molecular complexity index is 668. The molecule has 0 aliphatic carbocycles. The molecule has 0 unspecified atom stereocenters. The topological polar surface area (TPSA) is 84.2 Å². The van der Waals surface area contributed by atoms with Crippen molar-refractivity contribution in [2.45, 2.75) is 13.3 Å². The highest BCUT2D eigenvalue weighted by atomic mass is 16.2. The molecule has 2 aromatic carbocycles. The summed E-state index contributed by atoms with van der Waals surface area (Å²) < 4.78 is 0. The Morgan fingerprint density at radius 1 is 1.10 bits per heavy atom. The van der Waals surface area contributed by atoms with Gasteiger partial charge in [0.25, 0.3) is 5.91 Å². The second-order valence-electron chi connectivity index (χ2n) is 4.82. The van der Waals surface area contributed by atoms with Gasteiger partial charge >= 0.3 is 0 Å². The molecule has 0 fully saturated rings. The predicted octanol–water partition coefficient (Wildman–Crippen LogP) is 1.68. The summed E-state index contributed by atoms with van der Waals surface area (Å²) in [5, 5.41) is 7.20. The molecule has 0 atom stereocenters. The smallest absolute Gasteiger partial charge is 0.253 e. The van der Waals surface area contributed by atoms with Gasteiger partial charge in [0.1, 0.15) is 0 Å². The molecule has 0 radical (unpaired) electrons. The number of rotatable bonds is 5. The quantitative estimate of drug-likeness (QED) is 0.731. The number of nitrogen functional groups attached to an aromatic ring is 1. The van der Waals surface area contributed by atoms with Gasteiger partial charge < -0.3 is 16.4 Å². The molecule has 0 spiro atoms. The van der Waals surface area contributed by atoms with Crippen LogP contribution in [-0.4, -0.2) is 24.9 Å². The van der Waals surface area contributed by atoms with Crippen molar-refractivity contribution in [2.75, 3.05) is 18.8 Å². The average Bonchev–Trinajstić information content (AvgIpc) is 2.49. The number of hydrogen-bond acceptors (Lipinski definition) is 3. The monoisotopic (exact) mass is 285 g/mol. The molecule has 0 aliphatic rings. The maximum atomic E-state index is 12.1. The molecular weight excluding hydrogens is 266 g/mol. The molecule has 0 heterocycles. The second-order valence-corrected chi connectivity index (χ2v) is 4.82. The Morgan fingerprint density at radius 2 is 1.76 bits per heavy atom. The van der Waals surface area contributed by atoms with Gasteiger partial charge in [-0.25, -0.2) is 0 Å². The Balaban J connectivity index is 2.08. The van der Waals surface area contributed by atoms with Crippen LogP contribution in [0, 0.1) is 0 Å². The SMILES string of the molecule is CCCNC(=O)CNC(=O)c1cc2ccccc2cc1N. The van der Waals surface area contributed by atoms with Crippen molar-refractivity contribution >= 4 is 28.3 Å². The minimum absolute atomic E-state index is 0.0505. The summed E-state index contributed by atoms with van der Waals surface area (Å²) in [6.45, 7) is 2.52. The summed E-state index contributed by atoms with van der Waals surface area (Å²) in [5.74, 6) is -0.547. The van der Waals surface area contributed by atoms with E-state index in [0.717, 1.165) is 17.2 Å². The van der Waals surface area contributed by atoms with Crippen LogP contribution in [0.1, 0.15) is 23.7 Å². The van der Waals surface area contributed by atoms with E-state index in [9.17, 15) is 9.59 Å². The lowest BCUT2D eigenvalue weighted by Gasteiger charge is -2.09. The van der Waals surface area contributed by atoms with E-state index in [1.807, 2.05) is 31.2 Å². The lowest BCUT2D eigenvalue weighted by atomic mass is 10.0. The third-order valence-electron chi connectivity index (χ3n) is 3.14. The summed E-state index contributed by atoms with van der Waals surface area (Å²) in [4.78, 5) is 23.6. The number of amides is 2. The Hall–Kier alpha value is -2.56. The van der Waals surface area contributed by atoms with Crippen LogP contribution in [0.5, 0.6) is 0 Å². The molecule has 0 bridgehead atoms. The molecule has 0 saturated heterocycles. The van der Waals surface area contributed by atoms with E-state index in [1.165, 1.54) is 0 Å². The molecule has 5 heteroatoms. The number of fused-ring (bicyclic) bond motifs is 1. The fraction of sp³-hybridized carbons (Fsp3) is 0.250. The normalized spacial score (nSPS) is 10.3. The molecule has 5 nitrogen and oxygen atoms in total. The van der Waals surface area contributed by atoms with Crippen molar-refractivity contribution in [3.63, 3.8) is 0 Å². The first-order valence-corrected chi connectivity index (χ1v) is 6.95. The first-order valence-electron chi connectivity index (χ1n) is 6.95. The maximum Gasteiger partial charge on any atom is 0.253 e. The fourth-order valence-corrected chi connectivity index (χ4v) is 2.04. The highest BCUT2D eigenvalue weighted by Crippen LogP contribution is 2.21. The number of nitrogens with two attached hydrogens (primary N) is 1. The van der Waals surface area contributed by atoms with Gasteiger partial charge in [-0.15, -0.1) is 0 Å². The van der Waals surface area contributed by atoms with E-state index in [0.29, 0.717) is 17.8 Å². The van der Waals surface area contributed by atoms with E-state index in [1.54, 1.807) is 12.1 Å². The lowest BCUT2D eigenvalue weighted by Crippen LogP contribution is -2.37. The molecule has 0 aromatic heterocycles. The third kappa shape index (κ3) is 3.72. The van der Waals surface area contributed by atoms with Gasteiger partial charge in [0.15, 0.2) is 0 Å². The largest absolute Gasteiger partial charge is 0.398 e. The molecule has 2 amide bonds. The van der Waals surface area contributed by atoms with Gasteiger partial charge in [-0.2, -0.15) is 0 Å². The van der Waals surface area contributed by atoms with E-state index in [2.05, 4.69) is 10.6 Å². The Labute approximate surface area is 123 Å². The van der Waals surface area contributed by atoms with Crippen molar-refractivity contribution in [3.8, 4) is 0 Å². The van der Waals surface area contributed by atoms with Crippen LogP contribution in [-0.2, 0) is 4.79 Å². The van der Waals surface area contributed by atoms with Gasteiger partial charge in [-0.1, -0.05) is 31.2 Å². The van der Waals surface area contributed by atoms with Crippen LogP contribution in [0.4, 0.5) is 5.69 Å². The van der Waals surface area contributed by atoms with Gasteiger partial charge in [0.05, 0.1) is 12.1 Å². The van der Waals surface area contributed by atoms with Crippen molar-refractivity contribution in [2.24, 2.45) is 0 Å². The summed E-state index contributed by atoms with van der Waals surface area (Å²) >= 11 is 0. The molecule has 110 valence electrons. The summed E-state index contributed by atoms with van der Waals surface area (Å²) in [6, 6.07) is 11.2. The number of carbonyl (C=O) groups is 2. The van der Waals surface area contributed by atoms with Crippen LogP contribution in [0.2, 0.25) is 0 Å². The number of benzene rings is 2. The van der Waals surface area contributed by atoms with Gasteiger partial charge in [0, 0.05) is 12.2 Å². The fourth-order valence-electron chi connectivity index (χ4n) is 2.04. The third-order valence-corrected chi connectivity index (χ3v) is 3.14. The number of hydrogen-bond donors (Lipinski definition) is 3. The molecule has 21 heavy (non-hydrogen) atoms. The zero-order valence-corrected chi connectivity index (χ0v) is 12.0. The zero-order chi connectivity index (χ0) is 15.2. The molecule has 2 rings (SSSR count). The lowest BCUT2D eigenvalue weighted by molar-refractivity contribution is -0.120. The average molecular weight is 285 g/mol. The molecule has 0 aliphatic heterocycles. The van der Waals surface area contributed by atoms with Crippen LogP contribution in [0.15, 0.2) is 36.4 Å². The molecule has 0 saturated carbocycles. The van der Waals surface area contributed by atoms with Crippen molar-refractivity contribution in [1.29, 1.82) is 0 Å². The van der Waals surface area contributed by atoms with Crippen LogP contribution >= 0.6 is 0 Å². The van der Waals surface area contributed by atoms with Crippen molar-refractivity contribution < 1.29 is 9.59 Å². The van der Waals surface area contributed by atoms with Crippen LogP contribution in [0.3, 0.4) is 0 Å². The molecule has 2 aromatic rings. The highest BCUT2D eigenvalue weighted by molar-refractivity contribution is 6.04. The Morgan fingerprint density at radius 3 is 2.43 bits per heavy atom. The number of anilines is 1. The summed E-state index contributed by atoms with van der Waals surface area (Å²) in [6.07, 6.45) is 0.858. The molecule has 4 N–H and O–H groups in total. The van der Waals surface area contributed by atoms with Gasteiger partial charge in [-0.05, 0) is 29.3 Å². The summed E-state index contributed by atoms with van der Waals surface area (Å²) in [5.41, 5.74) is 6.70. The minimum Gasteiger partial charge on any atom is -0.398 e. The maximum absolute atomic E-state index is 12.1. The second kappa shape index (κ2) is 6.74. The van der Waals surface area contributed by atoms with Crippen LogP contribution in [0.25, 0.3) is 10.8 Å². The number of nitrogens with one attached hydrogen (secondary N) is 2. The van der Waals surface area contributed by atoms with E-state index in [-0.39, 0.29) is 18.4 Å². The van der Waals surface area contributed by atoms with Gasteiger partial charge in [-0.3, -0.25) is 9.59 Å². The van der Waals surface area contributed by atoms with E-state index >= 15 is 0 Å². The highest BCUT2D eigenvalue weighted by Gasteiger charge is 2.12. The van der Waals surface area contributed by atoms with Gasteiger partial charge in [0.2, 0.25) is 5.91 Å². The summed E-state index contributed by atoms with van der Waals surface area (Å²) in [7, 11) is 0. The standard InChI is InChI=1S/C16H19N3O2/c1-2-7-18-15(20)10-19-16(21)13-8-11-5-3-4-6-12(11)9-14(13)17/h3-6,8-9H,2,7,10,17H2,1H3,(H,18,20)(H,19,21). The first-order chi connectivity index (χ1) is 10.1. The minimum atomic E-state index is -0.343. The number of carbonyl (C=O) groups excluding carboxylic acids is 2. The zero-order valence-electron chi connectivity index (χ0n) is 12.0. The van der Waals surface area contributed by atoms with Crippen LogP contribution < -0.4 is 16.4 Å². The Kier molecular flexibility index (Phi) is 4.77. The van der Waals surface area contributed by atoms with E-state index in [4.69, 9.17) is 5.73 Å². The van der Waals surface area contributed by atoms with Crippen molar-refractivity contribution in [1.82, 2.24) is 10.6 Å².